The smallest absolute Gasteiger partial charge is 0.321 e. The van der Waals surface area contributed by atoms with E-state index in [2.05, 4.69) is 11.9 Å². The zero-order valence-electron chi connectivity index (χ0n) is 10.2. The molecule has 0 aliphatic heterocycles. The minimum Gasteiger partial charge on any atom is -0.321 e. The highest BCUT2D eigenvalue weighted by Gasteiger charge is 2.11. The highest BCUT2D eigenvalue weighted by Crippen LogP contribution is 2.15. The molecule has 0 fully saturated rings. The SMILES string of the molecule is C=C(C)CN(CC)C(=O)Nc1cccc(Cl)c1. The van der Waals surface area contributed by atoms with Crippen molar-refractivity contribution in [2.45, 2.75) is 13.8 Å². The standard InChI is InChI=1S/C13H17ClN2O/c1-4-16(9-10(2)3)13(17)15-12-7-5-6-11(14)8-12/h5-8H,2,4,9H2,1,3H3,(H,15,17). The first-order valence-electron chi connectivity index (χ1n) is 5.48. The van der Waals surface area contributed by atoms with E-state index in [1.807, 2.05) is 13.8 Å². The van der Waals surface area contributed by atoms with Crippen molar-refractivity contribution in [3.8, 4) is 0 Å². The number of rotatable bonds is 4. The van der Waals surface area contributed by atoms with Gasteiger partial charge in [0.2, 0.25) is 0 Å². The number of nitrogens with one attached hydrogen (secondary N) is 1. The van der Waals surface area contributed by atoms with Gasteiger partial charge in [0.15, 0.2) is 0 Å². The van der Waals surface area contributed by atoms with E-state index >= 15 is 0 Å². The van der Waals surface area contributed by atoms with Crippen molar-refractivity contribution in [3.63, 3.8) is 0 Å². The molecule has 92 valence electrons. The van der Waals surface area contributed by atoms with Crippen LogP contribution in [0, 0.1) is 0 Å². The van der Waals surface area contributed by atoms with E-state index in [1.54, 1.807) is 29.2 Å². The molecule has 0 atom stereocenters. The first-order chi connectivity index (χ1) is 8.02. The quantitative estimate of drug-likeness (QED) is 0.813. The van der Waals surface area contributed by atoms with Gasteiger partial charge in [-0.25, -0.2) is 4.79 Å². The van der Waals surface area contributed by atoms with Crippen molar-refractivity contribution in [3.05, 3.63) is 41.4 Å². The van der Waals surface area contributed by atoms with Crippen LogP contribution in [-0.2, 0) is 0 Å². The molecule has 0 saturated carbocycles. The molecule has 2 amide bonds. The largest absolute Gasteiger partial charge is 0.322 e. The van der Waals surface area contributed by atoms with Crippen LogP contribution in [0.5, 0.6) is 0 Å². The van der Waals surface area contributed by atoms with Crippen LogP contribution in [0.1, 0.15) is 13.8 Å². The van der Waals surface area contributed by atoms with E-state index < -0.39 is 0 Å². The fourth-order valence-electron chi connectivity index (χ4n) is 1.42. The van der Waals surface area contributed by atoms with E-state index in [4.69, 9.17) is 11.6 Å². The molecule has 0 aliphatic carbocycles. The van der Waals surface area contributed by atoms with Crippen LogP contribution in [0.25, 0.3) is 0 Å². The molecule has 0 heterocycles. The average molecular weight is 253 g/mol. The van der Waals surface area contributed by atoms with Gasteiger partial charge in [-0.2, -0.15) is 0 Å². The van der Waals surface area contributed by atoms with Gasteiger partial charge in [0.05, 0.1) is 0 Å². The van der Waals surface area contributed by atoms with Crippen molar-refractivity contribution < 1.29 is 4.79 Å². The maximum atomic E-state index is 11.9. The average Bonchev–Trinajstić information content (AvgIpc) is 2.25. The van der Waals surface area contributed by atoms with Crippen molar-refractivity contribution in [1.82, 2.24) is 4.90 Å². The predicted octanol–water partition coefficient (Wildman–Crippen LogP) is 3.77. The lowest BCUT2D eigenvalue weighted by molar-refractivity contribution is 0.218. The fraction of sp³-hybridized carbons (Fsp3) is 0.308. The summed E-state index contributed by atoms with van der Waals surface area (Å²) in [6, 6.07) is 6.94. The number of amides is 2. The Morgan fingerprint density at radius 3 is 2.76 bits per heavy atom. The third-order valence-electron chi connectivity index (χ3n) is 2.21. The van der Waals surface area contributed by atoms with Crippen LogP contribution < -0.4 is 5.32 Å². The molecule has 17 heavy (non-hydrogen) atoms. The molecule has 4 heteroatoms. The number of hydrogen-bond donors (Lipinski definition) is 1. The third kappa shape index (κ3) is 4.49. The third-order valence-corrected chi connectivity index (χ3v) is 2.44. The van der Waals surface area contributed by atoms with Gasteiger partial charge in [-0.1, -0.05) is 29.8 Å². The lowest BCUT2D eigenvalue weighted by atomic mass is 10.3. The lowest BCUT2D eigenvalue weighted by Gasteiger charge is -2.21. The van der Waals surface area contributed by atoms with E-state index in [1.165, 1.54) is 0 Å². The minimum atomic E-state index is -0.141. The highest BCUT2D eigenvalue weighted by molar-refractivity contribution is 6.30. The van der Waals surface area contributed by atoms with Crippen LogP contribution in [0.4, 0.5) is 10.5 Å². The first kappa shape index (κ1) is 13.6. The Balaban J connectivity index is 2.67. The maximum absolute atomic E-state index is 11.9. The van der Waals surface area contributed by atoms with Gasteiger partial charge in [0.1, 0.15) is 0 Å². The summed E-state index contributed by atoms with van der Waals surface area (Å²) >= 11 is 5.85. The molecule has 0 bridgehead atoms. The first-order valence-corrected chi connectivity index (χ1v) is 5.86. The zero-order chi connectivity index (χ0) is 12.8. The Bertz CT molecular complexity index is 418. The van der Waals surface area contributed by atoms with E-state index in [-0.39, 0.29) is 6.03 Å². The van der Waals surface area contributed by atoms with Gasteiger partial charge in [-0.05, 0) is 32.0 Å². The minimum absolute atomic E-state index is 0.141. The normalized spacial score (nSPS) is 9.82. The van der Waals surface area contributed by atoms with Crippen LogP contribution in [0.3, 0.4) is 0 Å². The summed E-state index contributed by atoms with van der Waals surface area (Å²) in [7, 11) is 0. The van der Waals surface area contributed by atoms with Gasteiger partial charge in [-0.15, -0.1) is 0 Å². The second kappa shape index (κ2) is 6.30. The Labute approximate surface area is 107 Å². The fourth-order valence-corrected chi connectivity index (χ4v) is 1.61. The summed E-state index contributed by atoms with van der Waals surface area (Å²) in [5, 5.41) is 3.40. The molecule has 0 unspecified atom stereocenters. The number of carbonyl (C=O) groups excluding carboxylic acids is 1. The molecule has 1 aromatic carbocycles. The number of nitrogens with zero attached hydrogens (tertiary/aromatic N) is 1. The number of urea groups is 1. The number of hydrogen-bond acceptors (Lipinski definition) is 1. The maximum Gasteiger partial charge on any atom is 0.322 e. The zero-order valence-corrected chi connectivity index (χ0v) is 10.9. The van der Waals surface area contributed by atoms with Gasteiger partial charge < -0.3 is 10.2 Å². The summed E-state index contributed by atoms with van der Waals surface area (Å²) < 4.78 is 0. The van der Waals surface area contributed by atoms with Crippen molar-refractivity contribution >= 4 is 23.3 Å². The van der Waals surface area contributed by atoms with E-state index in [9.17, 15) is 4.79 Å². The van der Waals surface area contributed by atoms with Crippen LogP contribution >= 0.6 is 11.6 Å². The number of halogens is 1. The molecular formula is C13H17ClN2O. The molecule has 3 nitrogen and oxygen atoms in total. The molecular weight excluding hydrogens is 236 g/mol. The summed E-state index contributed by atoms with van der Waals surface area (Å²) in [5.74, 6) is 0. The second-order valence-corrected chi connectivity index (χ2v) is 4.35. The number of benzene rings is 1. The van der Waals surface area contributed by atoms with Crippen molar-refractivity contribution in [2.24, 2.45) is 0 Å². The van der Waals surface area contributed by atoms with E-state index in [0.29, 0.717) is 23.8 Å². The molecule has 0 radical (unpaired) electrons. The second-order valence-electron chi connectivity index (χ2n) is 3.91. The van der Waals surface area contributed by atoms with Crippen molar-refractivity contribution in [1.29, 1.82) is 0 Å². The van der Waals surface area contributed by atoms with Gasteiger partial charge in [0, 0.05) is 23.8 Å². The topological polar surface area (TPSA) is 32.3 Å². The Kier molecular flexibility index (Phi) is 5.04. The highest BCUT2D eigenvalue weighted by atomic mass is 35.5. The Morgan fingerprint density at radius 1 is 1.53 bits per heavy atom. The van der Waals surface area contributed by atoms with Gasteiger partial charge in [-0.3, -0.25) is 0 Å². The number of anilines is 1. The summed E-state index contributed by atoms with van der Waals surface area (Å²) in [5.41, 5.74) is 1.65. The van der Waals surface area contributed by atoms with Gasteiger partial charge in [0.25, 0.3) is 0 Å². The van der Waals surface area contributed by atoms with Crippen molar-refractivity contribution in [2.75, 3.05) is 18.4 Å². The Hall–Kier alpha value is -1.48. The summed E-state index contributed by atoms with van der Waals surface area (Å²) in [6.07, 6.45) is 0. The monoisotopic (exact) mass is 252 g/mol. The molecule has 1 rings (SSSR count). The van der Waals surface area contributed by atoms with Crippen LogP contribution in [0.15, 0.2) is 36.4 Å². The van der Waals surface area contributed by atoms with Gasteiger partial charge >= 0.3 is 6.03 Å². The van der Waals surface area contributed by atoms with Crippen LogP contribution in [0.2, 0.25) is 5.02 Å². The molecule has 0 aliphatic rings. The molecule has 0 saturated heterocycles. The molecule has 0 spiro atoms. The summed E-state index contributed by atoms with van der Waals surface area (Å²) in [4.78, 5) is 13.6. The predicted molar refractivity (Wildman–Crippen MR) is 72.5 cm³/mol. The number of likely N-dealkylation sites (N-methyl/N-ethyl adjacent to an activating group) is 1. The molecule has 0 aromatic heterocycles. The van der Waals surface area contributed by atoms with Crippen LogP contribution in [-0.4, -0.2) is 24.0 Å². The molecule has 1 N–H and O–H groups in total. The lowest BCUT2D eigenvalue weighted by Crippen LogP contribution is -2.35. The Morgan fingerprint density at radius 2 is 2.24 bits per heavy atom. The van der Waals surface area contributed by atoms with E-state index in [0.717, 1.165) is 5.57 Å². The number of carbonyl (C=O) groups is 1. The summed E-state index contributed by atoms with van der Waals surface area (Å²) in [6.45, 7) is 8.83. The molecule has 1 aromatic rings.